The largest absolute Gasteiger partial charge is 0.397 e. The third-order valence-electron chi connectivity index (χ3n) is 1.54. The second kappa shape index (κ2) is 4.03. The molecule has 4 N–H and O–H groups in total. The van der Waals surface area contributed by atoms with Gasteiger partial charge in [0, 0.05) is 0 Å². The number of anilines is 1. The van der Waals surface area contributed by atoms with Gasteiger partial charge in [-0.3, -0.25) is 4.79 Å². The Hall–Kier alpha value is -0.990. The SMILES string of the molecule is NC(=O)c1ncc(N)c(C(F)F)c1I. The molecule has 1 aromatic heterocycles. The van der Waals surface area contributed by atoms with Crippen LogP contribution in [0.1, 0.15) is 22.5 Å². The minimum atomic E-state index is -2.75. The second-order valence-electron chi connectivity index (χ2n) is 2.45. The molecule has 0 radical (unpaired) electrons. The molecule has 0 aliphatic carbocycles. The number of hydrogen-bond acceptors (Lipinski definition) is 3. The molecule has 14 heavy (non-hydrogen) atoms. The van der Waals surface area contributed by atoms with Gasteiger partial charge in [-0.15, -0.1) is 0 Å². The van der Waals surface area contributed by atoms with Gasteiger partial charge in [0.2, 0.25) is 0 Å². The van der Waals surface area contributed by atoms with Crippen LogP contribution in [0.2, 0.25) is 0 Å². The molecule has 0 saturated carbocycles. The van der Waals surface area contributed by atoms with Crippen molar-refractivity contribution in [1.29, 1.82) is 0 Å². The Morgan fingerprint density at radius 1 is 1.57 bits per heavy atom. The van der Waals surface area contributed by atoms with Crippen LogP contribution in [0.15, 0.2) is 6.20 Å². The Balaban J connectivity index is 3.41. The highest BCUT2D eigenvalue weighted by Gasteiger charge is 2.21. The van der Waals surface area contributed by atoms with Gasteiger partial charge in [-0.1, -0.05) is 0 Å². The van der Waals surface area contributed by atoms with Gasteiger partial charge in [-0.25, -0.2) is 13.8 Å². The highest BCUT2D eigenvalue weighted by Crippen LogP contribution is 2.30. The number of amides is 1. The first-order chi connectivity index (χ1) is 6.45. The summed E-state index contributed by atoms with van der Waals surface area (Å²) in [7, 11) is 0. The number of nitrogen functional groups attached to an aromatic ring is 1. The van der Waals surface area contributed by atoms with E-state index in [4.69, 9.17) is 11.5 Å². The lowest BCUT2D eigenvalue weighted by Crippen LogP contribution is -2.17. The molecule has 1 heterocycles. The lowest BCUT2D eigenvalue weighted by Gasteiger charge is -2.08. The number of aromatic nitrogens is 1. The van der Waals surface area contributed by atoms with Gasteiger partial charge in [0.1, 0.15) is 5.69 Å². The summed E-state index contributed by atoms with van der Waals surface area (Å²) in [6, 6.07) is 0. The zero-order chi connectivity index (χ0) is 10.9. The summed E-state index contributed by atoms with van der Waals surface area (Å²) < 4.78 is 24.9. The molecule has 76 valence electrons. The van der Waals surface area contributed by atoms with Crippen LogP contribution in [0.4, 0.5) is 14.5 Å². The van der Waals surface area contributed by atoms with Crippen molar-refractivity contribution in [1.82, 2.24) is 4.98 Å². The number of pyridine rings is 1. The number of carbonyl (C=O) groups is 1. The number of nitrogens with zero attached hydrogens (tertiary/aromatic N) is 1. The second-order valence-corrected chi connectivity index (χ2v) is 3.53. The van der Waals surface area contributed by atoms with Crippen LogP contribution in [-0.2, 0) is 0 Å². The van der Waals surface area contributed by atoms with E-state index in [1.807, 2.05) is 0 Å². The summed E-state index contributed by atoms with van der Waals surface area (Å²) in [5, 5.41) is 0. The summed E-state index contributed by atoms with van der Waals surface area (Å²) in [6.45, 7) is 0. The molecule has 0 spiro atoms. The lowest BCUT2D eigenvalue weighted by atomic mass is 10.2. The monoisotopic (exact) mass is 313 g/mol. The molecule has 1 amide bonds. The minimum Gasteiger partial charge on any atom is -0.397 e. The molecule has 0 aliphatic heterocycles. The molecule has 1 aromatic rings. The topological polar surface area (TPSA) is 82.0 Å². The van der Waals surface area contributed by atoms with Crippen molar-refractivity contribution in [2.45, 2.75) is 6.43 Å². The fourth-order valence-electron chi connectivity index (χ4n) is 0.908. The molecular weight excluding hydrogens is 307 g/mol. The zero-order valence-electron chi connectivity index (χ0n) is 6.80. The predicted molar refractivity (Wildman–Crippen MR) is 54.8 cm³/mol. The van der Waals surface area contributed by atoms with Crippen molar-refractivity contribution >= 4 is 34.2 Å². The van der Waals surface area contributed by atoms with Crippen LogP contribution >= 0.6 is 22.6 Å². The van der Waals surface area contributed by atoms with Crippen molar-refractivity contribution in [3.63, 3.8) is 0 Å². The number of primary amides is 1. The first-order valence-electron chi connectivity index (χ1n) is 3.47. The van der Waals surface area contributed by atoms with Crippen LogP contribution in [0.3, 0.4) is 0 Å². The smallest absolute Gasteiger partial charge is 0.268 e. The van der Waals surface area contributed by atoms with E-state index in [2.05, 4.69) is 4.98 Å². The van der Waals surface area contributed by atoms with Crippen molar-refractivity contribution in [3.8, 4) is 0 Å². The summed E-state index contributed by atoms with van der Waals surface area (Å²) in [6.07, 6.45) is -1.74. The molecule has 0 aromatic carbocycles. The maximum Gasteiger partial charge on any atom is 0.268 e. The van der Waals surface area contributed by atoms with E-state index in [1.54, 1.807) is 22.6 Å². The molecule has 4 nitrogen and oxygen atoms in total. The molecular formula is C7H6F2IN3O. The maximum absolute atomic E-state index is 12.5. The third kappa shape index (κ3) is 1.91. The molecule has 0 atom stereocenters. The number of halogens is 3. The molecule has 0 aliphatic rings. The number of nitrogens with two attached hydrogens (primary N) is 2. The quantitative estimate of drug-likeness (QED) is 0.808. The number of rotatable bonds is 2. The fourth-order valence-corrected chi connectivity index (χ4v) is 1.86. The number of carbonyl (C=O) groups excluding carboxylic acids is 1. The van der Waals surface area contributed by atoms with Gasteiger partial charge in [0.25, 0.3) is 12.3 Å². The number of alkyl halides is 2. The van der Waals surface area contributed by atoms with Crippen LogP contribution in [0.25, 0.3) is 0 Å². The summed E-state index contributed by atoms with van der Waals surface area (Å²) in [5.41, 5.74) is 9.51. The van der Waals surface area contributed by atoms with Crippen LogP contribution in [0, 0.1) is 3.57 Å². The van der Waals surface area contributed by atoms with Crippen molar-refractivity contribution in [3.05, 3.63) is 21.0 Å². The first-order valence-corrected chi connectivity index (χ1v) is 4.54. The molecule has 0 unspecified atom stereocenters. The van der Waals surface area contributed by atoms with E-state index in [0.29, 0.717) is 0 Å². The van der Waals surface area contributed by atoms with Crippen molar-refractivity contribution in [2.75, 3.05) is 5.73 Å². The van der Waals surface area contributed by atoms with Gasteiger partial charge in [-0.2, -0.15) is 0 Å². The predicted octanol–water partition coefficient (Wildman–Crippen LogP) is 1.30. The molecule has 0 saturated heterocycles. The summed E-state index contributed by atoms with van der Waals surface area (Å²) >= 11 is 1.57. The molecule has 7 heteroatoms. The third-order valence-corrected chi connectivity index (χ3v) is 2.63. The summed E-state index contributed by atoms with van der Waals surface area (Å²) in [4.78, 5) is 14.4. The van der Waals surface area contributed by atoms with Crippen LogP contribution in [-0.4, -0.2) is 10.9 Å². The van der Waals surface area contributed by atoms with E-state index < -0.39 is 17.9 Å². The van der Waals surface area contributed by atoms with Gasteiger partial charge >= 0.3 is 0 Å². The highest BCUT2D eigenvalue weighted by atomic mass is 127. The van der Waals surface area contributed by atoms with Gasteiger partial charge in [0.05, 0.1) is 21.0 Å². The lowest BCUT2D eigenvalue weighted by molar-refractivity contribution is 0.0994. The van der Waals surface area contributed by atoms with Crippen molar-refractivity contribution < 1.29 is 13.6 Å². The average molecular weight is 313 g/mol. The van der Waals surface area contributed by atoms with Crippen LogP contribution in [0.5, 0.6) is 0 Å². The van der Waals surface area contributed by atoms with Crippen LogP contribution < -0.4 is 11.5 Å². The maximum atomic E-state index is 12.5. The average Bonchev–Trinajstić information content (AvgIpc) is 2.02. The van der Waals surface area contributed by atoms with Gasteiger partial charge in [-0.05, 0) is 22.6 Å². The fraction of sp³-hybridized carbons (Fsp3) is 0.143. The highest BCUT2D eigenvalue weighted by molar-refractivity contribution is 14.1. The van der Waals surface area contributed by atoms with Gasteiger partial charge in [0.15, 0.2) is 0 Å². The molecule has 1 rings (SSSR count). The zero-order valence-corrected chi connectivity index (χ0v) is 8.96. The Labute approximate surface area is 91.8 Å². The first kappa shape index (κ1) is 11.1. The van der Waals surface area contributed by atoms with E-state index in [-0.39, 0.29) is 15.0 Å². The summed E-state index contributed by atoms with van der Waals surface area (Å²) in [5.74, 6) is -0.851. The Bertz CT molecular complexity index is 383. The van der Waals surface area contributed by atoms with E-state index >= 15 is 0 Å². The Morgan fingerprint density at radius 3 is 2.57 bits per heavy atom. The molecule has 0 fully saturated rings. The van der Waals surface area contributed by atoms with E-state index in [9.17, 15) is 13.6 Å². The van der Waals surface area contributed by atoms with Crippen molar-refractivity contribution in [2.24, 2.45) is 5.73 Å². The number of hydrogen-bond donors (Lipinski definition) is 2. The minimum absolute atomic E-state index is 0.00472. The van der Waals surface area contributed by atoms with E-state index in [1.165, 1.54) is 0 Å². The normalized spacial score (nSPS) is 10.6. The Morgan fingerprint density at radius 2 is 2.14 bits per heavy atom. The van der Waals surface area contributed by atoms with E-state index in [0.717, 1.165) is 6.20 Å². The Kier molecular flexibility index (Phi) is 3.19. The van der Waals surface area contributed by atoms with Gasteiger partial charge < -0.3 is 11.5 Å². The standard InChI is InChI=1S/C7H6F2IN3O/c8-6(9)3-2(11)1-13-5(4(3)10)7(12)14/h1,6H,11H2,(H2,12,14). The molecule has 0 bridgehead atoms.